The normalized spacial score (nSPS) is 11.5. The van der Waals surface area contributed by atoms with Crippen molar-refractivity contribution in [1.82, 2.24) is 15.1 Å². The molecule has 0 spiro atoms. The predicted molar refractivity (Wildman–Crippen MR) is 127 cm³/mol. The van der Waals surface area contributed by atoms with Crippen molar-refractivity contribution in [2.45, 2.75) is 47.2 Å². The van der Waals surface area contributed by atoms with Crippen molar-refractivity contribution in [2.75, 3.05) is 5.32 Å². The number of aryl methyl sites for hydroxylation is 4. The maximum Gasteiger partial charge on any atom is 0.257 e. The molecule has 3 aromatic rings. The number of anilines is 1. The lowest BCUT2D eigenvalue weighted by Crippen LogP contribution is -2.36. The van der Waals surface area contributed by atoms with Gasteiger partial charge in [-0.3, -0.25) is 14.8 Å². The first-order chi connectivity index (χ1) is 15.2. The van der Waals surface area contributed by atoms with Crippen LogP contribution < -0.4 is 10.6 Å². The summed E-state index contributed by atoms with van der Waals surface area (Å²) in [4.78, 5) is 17.5. The van der Waals surface area contributed by atoms with E-state index in [0.29, 0.717) is 17.8 Å². The Hall–Kier alpha value is -3.19. The Morgan fingerprint density at radius 1 is 1.16 bits per heavy atom. The molecule has 3 rings (SSSR count). The quantitative estimate of drug-likeness (QED) is 0.385. The van der Waals surface area contributed by atoms with Gasteiger partial charge in [-0.25, -0.2) is 9.38 Å². The van der Waals surface area contributed by atoms with Crippen LogP contribution in [0.1, 0.15) is 46.1 Å². The Labute approximate surface area is 192 Å². The molecule has 2 N–H and O–H groups in total. The van der Waals surface area contributed by atoms with E-state index in [0.717, 1.165) is 35.3 Å². The van der Waals surface area contributed by atoms with Gasteiger partial charge in [-0.1, -0.05) is 35.7 Å². The van der Waals surface area contributed by atoms with Gasteiger partial charge in [0.15, 0.2) is 0 Å². The van der Waals surface area contributed by atoms with E-state index in [4.69, 9.17) is 11.6 Å². The number of carbonyl (C=O) groups excluding carboxylic acids is 1. The number of nitrogens with one attached hydrogen (secondary N) is 2. The fraction of sp³-hybridized carbons (Fsp3) is 0.292. The highest BCUT2D eigenvalue weighted by molar-refractivity contribution is 6.31. The van der Waals surface area contributed by atoms with Crippen LogP contribution in [0, 0.1) is 26.6 Å². The van der Waals surface area contributed by atoms with Gasteiger partial charge in [0.05, 0.1) is 17.3 Å². The summed E-state index contributed by atoms with van der Waals surface area (Å²) in [5.74, 6) is -0.580. The van der Waals surface area contributed by atoms with E-state index < -0.39 is 5.82 Å². The zero-order valence-electron chi connectivity index (χ0n) is 18.7. The van der Waals surface area contributed by atoms with Crippen LogP contribution in [0.15, 0.2) is 47.6 Å². The SMILES string of the molecule is CCCn1cc(CN=C(NC(=O)c2cc(C)cc(C)c2)Nc2ccc(F)c(Cl)c2)c(C)n1. The number of rotatable bonds is 6. The average molecular weight is 456 g/mol. The van der Waals surface area contributed by atoms with Crippen molar-refractivity contribution in [2.24, 2.45) is 4.99 Å². The second-order valence-corrected chi connectivity index (χ2v) is 8.16. The second kappa shape index (κ2) is 10.4. The van der Waals surface area contributed by atoms with E-state index in [1.165, 1.54) is 18.2 Å². The molecule has 168 valence electrons. The maximum absolute atomic E-state index is 13.6. The molecule has 1 amide bonds. The van der Waals surface area contributed by atoms with Gasteiger partial charge in [0.25, 0.3) is 5.91 Å². The molecule has 1 heterocycles. The van der Waals surface area contributed by atoms with Crippen molar-refractivity contribution in [3.8, 4) is 0 Å². The van der Waals surface area contributed by atoms with Gasteiger partial charge in [0.2, 0.25) is 5.96 Å². The fourth-order valence-corrected chi connectivity index (χ4v) is 3.51. The summed E-state index contributed by atoms with van der Waals surface area (Å²) < 4.78 is 15.4. The van der Waals surface area contributed by atoms with E-state index in [1.807, 2.05) is 49.8 Å². The number of aliphatic imine (C=N–C) groups is 1. The number of hydrogen-bond donors (Lipinski definition) is 2. The number of nitrogens with zero attached hydrogens (tertiary/aromatic N) is 3. The van der Waals surface area contributed by atoms with Crippen LogP contribution in [0.2, 0.25) is 5.02 Å². The number of benzene rings is 2. The third-order valence-electron chi connectivity index (χ3n) is 4.81. The summed E-state index contributed by atoms with van der Waals surface area (Å²) in [5, 5.41) is 10.3. The zero-order valence-corrected chi connectivity index (χ0v) is 19.4. The second-order valence-electron chi connectivity index (χ2n) is 7.75. The van der Waals surface area contributed by atoms with E-state index in [2.05, 4.69) is 27.6 Å². The van der Waals surface area contributed by atoms with Crippen LogP contribution >= 0.6 is 11.6 Å². The van der Waals surface area contributed by atoms with Crippen LogP contribution in [-0.2, 0) is 13.1 Å². The van der Waals surface area contributed by atoms with E-state index in [1.54, 1.807) is 0 Å². The Bertz CT molecular complexity index is 1140. The van der Waals surface area contributed by atoms with Crippen LogP contribution in [0.5, 0.6) is 0 Å². The van der Waals surface area contributed by atoms with Gasteiger partial charge < -0.3 is 5.32 Å². The van der Waals surface area contributed by atoms with Crippen LogP contribution in [-0.4, -0.2) is 21.6 Å². The van der Waals surface area contributed by atoms with Gasteiger partial charge in [-0.05, 0) is 57.5 Å². The molecule has 0 unspecified atom stereocenters. The summed E-state index contributed by atoms with van der Waals surface area (Å²) in [6, 6.07) is 9.86. The average Bonchev–Trinajstić information content (AvgIpc) is 3.07. The Morgan fingerprint density at radius 3 is 2.53 bits per heavy atom. The molecule has 0 aliphatic carbocycles. The van der Waals surface area contributed by atoms with Gasteiger partial charge >= 0.3 is 0 Å². The minimum Gasteiger partial charge on any atom is -0.326 e. The topological polar surface area (TPSA) is 71.3 Å². The highest BCUT2D eigenvalue weighted by atomic mass is 35.5. The fourth-order valence-electron chi connectivity index (χ4n) is 3.33. The Morgan fingerprint density at radius 2 is 1.88 bits per heavy atom. The molecule has 0 bridgehead atoms. The molecule has 0 atom stereocenters. The van der Waals surface area contributed by atoms with Gasteiger partial charge in [0.1, 0.15) is 5.82 Å². The summed E-state index contributed by atoms with van der Waals surface area (Å²) in [5.41, 5.74) is 4.86. The van der Waals surface area contributed by atoms with Crippen LogP contribution in [0.3, 0.4) is 0 Å². The molecule has 0 fully saturated rings. The smallest absolute Gasteiger partial charge is 0.257 e. The van der Waals surface area contributed by atoms with Crippen molar-refractivity contribution >= 4 is 29.2 Å². The lowest BCUT2D eigenvalue weighted by Gasteiger charge is -2.13. The van der Waals surface area contributed by atoms with Gasteiger partial charge in [-0.2, -0.15) is 5.10 Å². The standard InChI is InChI=1S/C24H27ClFN5O/c1-5-8-31-14-19(17(4)30-31)13-27-24(28-20-6-7-22(26)21(25)12-20)29-23(32)18-10-15(2)9-16(3)11-18/h6-7,9-12,14H,5,8,13H2,1-4H3,(H2,27,28,29,32). The molecule has 6 nitrogen and oxygen atoms in total. The zero-order chi connectivity index (χ0) is 23.3. The number of aromatic nitrogens is 2. The highest BCUT2D eigenvalue weighted by Crippen LogP contribution is 2.19. The summed E-state index contributed by atoms with van der Waals surface area (Å²) in [7, 11) is 0. The number of halogens is 2. The molecule has 8 heteroatoms. The number of guanidine groups is 1. The largest absolute Gasteiger partial charge is 0.326 e. The lowest BCUT2D eigenvalue weighted by atomic mass is 10.1. The first kappa shape index (κ1) is 23.5. The van der Waals surface area contributed by atoms with E-state index >= 15 is 0 Å². The molecule has 0 aliphatic rings. The van der Waals surface area contributed by atoms with E-state index in [9.17, 15) is 9.18 Å². The summed E-state index contributed by atoms with van der Waals surface area (Å²) >= 11 is 5.91. The monoisotopic (exact) mass is 455 g/mol. The molecule has 0 aliphatic heterocycles. The highest BCUT2D eigenvalue weighted by Gasteiger charge is 2.12. The molecule has 0 saturated carbocycles. The Kier molecular flexibility index (Phi) is 7.64. The molecule has 2 aromatic carbocycles. The molecular weight excluding hydrogens is 429 g/mol. The summed E-state index contributed by atoms with van der Waals surface area (Å²) in [6.45, 7) is 9.04. The molecule has 0 saturated heterocycles. The third kappa shape index (κ3) is 6.17. The Balaban J connectivity index is 1.86. The van der Waals surface area contributed by atoms with Crippen LogP contribution in [0.25, 0.3) is 0 Å². The minimum atomic E-state index is -0.519. The molecular formula is C24H27ClFN5O. The third-order valence-corrected chi connectivity index (χ3v) is 5.10. The summed E-state index contributed by atoms with van der Waals surface area (Å²) in [6.07, 6.45) is 2.94. The van der Waals surface area contributed by atoms with Gasteiger partial charge in [0, 0.05) is 29.6 Å². The molecule has 1 aromatic heterocycles. The van der Waals surface area contributed by atoms with Crippen molar-refractivity contribution in [1.29, 1.82) is 0 Å². The number of hydrogen-bond acceptors (Lipinski definition) is 3. The predicted octanol–water partition coefficient (Wildman–Crippen LogP) is 5.41. The van der Waals surface area contributed by atoms with Crippen molar-refractivity contribution in [3.63, 3.8) is 0 Å². The first-order valence-electron chi connectivity index (χ1n) is 10.4. The first-order valence-corrected chi connectivity index (χ1v) is 10.8. The number of carbonyl (C=O) groups is 1. The van der Waals surface area contributed by atoms with Crippen molar-refractivity contribution < 1.29 is 9.18 Å². The van der Waals surface area contributed by atoms with E-state index in [-0.39, 0.29) is 16.9 Å². The maximum atomic E-state index is 13.6. The lowest BCUT2D eigenvalue weighted by molar-refractivity contribution is 0.0976. The number of amides is 1. The van der Waals surface area contributed by atoms with Crippen LogP contribution in [0.4, 0.5) is 10.1 Å². The van der Waals surface area contributed by atoms with Gasteiger partial charge in [-0.15, -0.1) is 0 Å². The van der Waals surface area contributed by atoms with Crippen molar-refractivity contribution in [3.05, 3.63) is 81.4 Å². The minimum absolute atomic E-state index is 0.0216. The molecule has 32 heavy (non-hydrogen) atoms. The molecule has 0 radical (unpaired) electrons.